The van der Waals surface area contributed by atoms with E-state index in [1.165, 1.54) is 21.9 Å². The molecule has 11 aromatic rings. The lowest BCUT2D eigenvalue weighted by Crippen LogP contribution is -2.13. The van der Waals surface area contributed by atoms with E-state index in [0.717, 1.165) is 83.5 Å². The molecular weight excluding hydrogens is 727 g/mol. The van der Waals surface area contributed by atoms with E-state index < -0.39 is 0 Å². The van der Waals surface area contributed by atoms with Crippen molar-refractivity contribution in [1.82, 2.24) is 0 Å². The van der Waals surface area contributed by atoms with Gasteiger partial charge in [0, 0.05) is 33.2 Å². The molecule has 0 fully saturated rings. The molecule has 0 aliphatic heterocycles. The van der Waals surface area contributed by atoms with Gasteiger partial charge >= 0.3 is 0 Å². The van der Waals surface area contributed by atoms with Gasteiger partial charge in [0.25, 0.3) is 0 Å². The highest BCUT2D eigenvalue weighted by atomic mass is 16.3. The number of furan rings is 1. The van der Waals surface area contributed by atoms with Crippen LogP contribution in [0.4, 0.5) is 17.1 Å². The molecule has 0 N–H and O–H groups in total. The average molecular weight is 766 g/mol. The van der Waals surface area contributed by atoms with Crippen LogP contribution in [0.3, 0.4) is 0 Å². The number of hydrogen-bond acceptors (Lipinski definition) is 2. The summed E-state index contributed by atoms with van der Waals surface area (Å²) in [7, 11) is 0. The zero-order valence-electron chi connectivity index (χ0n) is 32.9. The van der Waals surface area contributed by atoms with Crippen molar-refractivity contribution in [1.29, 1.82) is 0 Å². The van der Waals surface area contributed by atoms with Crippen LogP contribution in [0.5, 0.6) is 0 Å². The predicted molar refractivity (Wildman–Crippen MR) is 253 cm³/mol. The van der Waals surface area contributed by atoms with Gasteiger partial charge in [0.05, 0.1) is 11.4 Å². The molecular formula is C58H39NO. The maximum atomic E-state index is 6.75. The molecule has 0 saturated heterocycles. The molecule has 10 aromatic carbocycles. The van der Waals surface area contributed by atoms with Crippen LogP contribution in [0.25, 0.3) is 88.3 Å². The monoisotopic (exact) mass is 765 g/mol. The Morgan fingerprint density at radius 2 is 0.867 bits per heavy atom. The topological polar surface area (TPSA) is 16.4 Å². The number of para-hydroxylation sites is 3. The van der Waals surface area contributed by atoms with Crippen molar-refractivity contribution in [2.24, 2.45) is 0 Å². The van der Waals surface area contributed by atoms with Crippen molar-refractivity contribution in [2.75, 3.05) is 4.90 Å². The minimum absolute atomic E-state index is 0.880. The van der Waals surface area contributed by atoms with E-state index in [2.05, 4.69) is 235 Å². The number of fused-ring (bicyclic) bond motifs is 4. The molecule has 11 rings (SSSR count). The van der Waals surface area contributed by atoms with Crippen LogP contribution in [0.1, 0.15) is 0 Å². The minimum Gasteiger partial charge on any atom is -0.455 e. The lowest BCUT2D eigenvalue weighted by molar-refractivity contribution is 0.670. The molecule has 60 heavy (non-hydrogen) atoms. The molecule has 0 unspecified atom stereocenters. The van der Waals surface area contributed by atoms with Gasteiger partial charge in [-0.25, -0.2) is 0 Å². The van der Waals surface area contributed by atoms with E-state index in [1.807, 2.05) is 6.07 Å². The third-order valence-corrected chi connectivity index (χ3v) is 11.7. The summed E-state index contributed by atoms with van der Waals surface area (Å²) in [5, 5.41) is 4.65. The van der Waals surface area contributed by atoms with Crippen molar-refractivity contribution in [2.45, 2.75) is 0 Å². The summed E-state index contributed by atoms with van der Waals surface area (Å²) in [6.07, 6.45) is 0. The highest BCUT2D eigenvalue weighted by Gasteiger charge is 2.25. The predicted octanol–water partition coefficient (Wildman–Crippen LogP) is 16.5. The number of benzene rings is 10. The third-order valence-electron chi connectivity index (χ3n) is 11.7. The first-order valence-electron chi connectivity index (χ1n) is 20.5. The van der Waals surface area contributed by atoms with Crippen LogP contribution >= 0.6 is 0 Å². The summed E-state index contributed by atoms with van der Waals surface area (Å²) in [6.45, 7) is 0. The van der Waals surface area contributed by atoms with Crippen molar-refractivity contribution in [3.05, 3.63) is 237 Å². The molecule has 0 aliphatic rings. The summed E-state index contributed by atoms with van der Waals surface area (Å²) in [6, 6.07) is 85.0. The number of hydrogen-bond donors (Lipinski definition) is 0. The molecule has 2 heteroatoms. The Morgan fingerprint density at radius 3 is 1.70 bits per heavy atom. The highest BCUT2D eigenvalue weighted by molar-refractivity contribution is 6.12. The minimum atomic E-state index is 0.880. The maximum absolute atomic E-state index is 6.75. The Labute approximate surface area is 349 Å². The van der Waals surface area contributed by atoms with E-state index in [4.69, 9.17) is 4.42 Å². The molecule has 0 saturated carbocycles. The maximum Gasteiger partial charge on any atom is 0.143 e. The molecule has 0 atom stereocenters. The SMILES string of the molecule is c1ccc(-c2cccc(-c3c(-c4cccc5c4oc4ccccc45)cccc3N(c3cccc(-c4ccccc4)c3)c3ccccc3-c3ccc4ccccc4c3)c2)cc1. The van der Waals surface area contributed by atoms with E-state index in [0.29, 0.717) is 0 Å². The Morgan fingerprint density at radius 1 is 0.300 bits per heavy atom. The first-order valence-corrected chi connectivity index (χ1v) is 20.5. The first kappa shape index (κ1) is 35.2. The molecule has 1 aromatic heterocycles. The molecule has 0 amide bonds. The Bertz CT molecular complexity index is 3330. The fourth-order valence-corrected chi connectivity index (χ4v) is 8.83. The quantitative estimate of drug-likeness (QED) is 0.153. The standard InChI is InChI=1S/C58H39NO/c1-3-17-40(18-4-1)44-23-13-25-47(38-44)57-51(53-31-15-30-52-50-28-10-12-34-56(50)60-58(52)53)29-16-33-55(57)59(48-26-14-24-45(39-48)41-19-5-2-6-20-41)54-32-11-9-27-49(54)46-36-35-42-21-7-8-22-43(42)37-46/h1-39H. The molecule has 0 bridgehead atoms. The molecule has 282 valence electrons. The van der Waals surface area contributed by atoms with Crippen LogP contribution in [-0.2, 0) is 0 Å². The fraction of sp³-hybridized carbons (Fsp3) is 0. The lowest BCUT2D eigenvalue weighted by atomic mass is 9.89. The second-order valence-corrected chi connectivity index (χ2v) is 15.3. The van der Waals surface area contributed by atoms with Crippen LogP contribution in [0.15, 0.2) is 241 Å². The average Bonchev–Trinajstić information content (AvgIpc) is 3.71. The molecule has 1 heterocycles. The zero-order valence-corrected chi connectivity index (χ0v) is 32.9. The van der Waals surface area contributed by atoms with E-state index >= 15 is 0 Å². The van der Waals surface area contributed by atoms with Crippen molar-refractivity contribution < 1.29 is 4.42 Å². The third kappa shape index (κ3) is 6.32. The number of rotatable bonds is 8. The van der Waals surface area contributed by atoms with Gasteiger partial charge in [-0.1, -0.05) is 194 Å². The largest absolute Gasteiger partial charge is 0.455 e. The van der Waals surface area contributed by atoms with Gasteiger partial charge in [0.1, 0.15) is 11.2 Å². The number of nitrogens with zero attached hydrogens (tertiary/aromatic N) is 1. The summed E-state index contributed by atoms with van der Waals surface area (Å²) < 4.78 is 6.75. The van der Waals surface area contributed by atoms with Crippen LogP contribution in [0, 0.1) is 0 Å². The molecule has 0 radical (unpaired) electrons. The van der Waals surface area contributed by atoms with Gasteiger partial charge in [0.15, 0.2) is 0 Å². The van der Waals surface area contributed by atoms with Gasteiger partial charge in [-0.15, -0.1) is 0 Å². The van der Waals surface area contributed by atoms with Gasteiger partial charge in [-0.2, -0.15) is 0 Å². The van der Waals surface area contributed by atoms with E-state index in [1.54, 1.807) is 0 Å². The Hall–Kier alpha value is -7.94. The van der Waals surface area contributed by atoms with E-state index in [-0.39, 0.29) is 0 Å². The van der Waals surface area contributed by atoms with Crippen molar-refractivity contribution in [3.63, 3.8) is 0 Å². The first-order chi connectivity index (χ1) is 29.8. The highest BCUT2D eigenvalue weighted by Crippen LogP contribution is 2.50. The van der Waals surface area contributed by atoms with Crippen molar-refractivity contribution >= 4 is 49.8 Å². The number of anilines is 3. The second kappa shape index (κ2) is 15.1. The summed E-state index contributed by atoms with van der Waals surface area (Å²) in [5.41, 5.74) is 16.3. The lowest BCUT2D eigenvalue weighted by Gasteiger charge is -2.31. The van der Waals surface area contributed by atoms with Crippen LogP contribution < -0.4 is 4.90 Å². The summed E-state index contributed by atoms with van der Waals surface area (Å²) >= 11 is 0. The normalized spacial score (nSPS) is 11.3. The second-order valence-electron chi connectivity index (χ2n) is 15.3. The Balaban J connectivity index is 1.22. The zero-order chi connectivity index (χ0) is 39.8. The van der Waals surface area contributed by atoms with Gasteiger partial charge in [0.2, 0.25) is 0 Å². The fourth-order valence-electron chi connectivity index (χ4n) is 8.83. The smallest absolute Gasteiger partial charge is 0.143 e. The Kier molecular flexibility index (Phi) is 8.87. The van der Waals surface area contributed by atoms with Crippen LogP contribution in [0.2, 0.25) is 0 Å². The van der Waals surface area contributed by atoms with Gasteiger partial charge < -0.3 is 9.32 Å². The summed E-state index contributed by atoms with van der Waals surface area (Å²) in [5.74, 6) is 0. The van der Waals surface area contributed by atoms with Crippen LogP contribution in [-0.4, -0.2) is 0 Å². The molecule has 2 nitrogen and oxygen atoms in total. The van der Waals surface area contributed by atoms with Gasteiger partial charge in [-0.3, -0.25) is 0 Å². The molecule has 0 aliphatic carbocycles. The van der Waals surface area contributed by atoms with Gasteiger partial charge in [-0.05, 0) is 92.2 Å². The summed E-state index contributed by atoms with van der Waals surface area (Å²) in [4.78, 5) is 2.46. The van der Waals surface area contributed by atoms with Crippen molar-refractivity contribution in [3.8, 4) is 55.6 Å². The van der Waals surface area contributed by atoms with E-state index in [9.17, 15) is 0 Å². The molecule has 0 spiro atoms.